The van der Waals surface area contributed by atoms with Crippen molar-refractivity contribution in [1.82, 2.24) is 0 Å². The lowest BCUT2D eigenvalue weighted by Crippen LogP contribution is -2.23. The number of hydrogen-bond acceptors (Lipinski definition) is 0. The van der Waals surface area contributed by atoms with Gasteiger partial charge in [-0.15, -0.1) is 0 Å². The molecule has 44 valence electrons. The molecule has 0 N–H and O–H groups in total. The molecule has 0 bridgehead atoms. The molecule has 0 radical (unpaired) electrons. The number of allylic oxidation sites excluding steroid dienone is 1. The summed E-state index contributed by atoms with van der Waals surface area (Å²) >= 11 is 0. The van der Waals surface area contributed by atoms with E-state index in [1.165, 1.54) is 11.3 Å². The molecule has 0 atom stereocenters. The van der Waals surface area contributed by atoms with E-state index in [-0.39, 0.29) is 0 Å². The summed E-state index contributed by atoms with van der Waals surface area (Å²) in [7, 11) is 0. The molecular weight excluding hydrogens is 98.1 g/mol. The van der Waals surface area contributed by atoms with Crippen LogP contribution in [0.2, 0.25) is 0 Å². The molecule has 1 rings (SSSR count). The van der Waals surface area contributed by atoms with Crippen LogP contribution in [0.15, 0.2) is 11.8 Å². The van der Waals surface area contributed by atoms with Crippen LogP contribution in [-0.4, -0.2) is 16.8 Å². The van der Waals surface area contributed by atoms with Crippen molar-refractivity contribution >= 4 is 5.71 Å². The molecule has 0 aromatic carbocycles. The monoisotopic (exact) mass is 110 g/mol. The molecule has 1 heterocycles. The second kappa shape index (κ2) is 1.73. The van der Waals surface area contributed by atoms with Crippen molar-refractivity contribution in [2.24, 2.45) is 0 Å². The summed E-state index contributed by atoms with van der Waals surface area (Å²) in [6.45, 7) is 7.57. The molecular formula is C7H12N+. The summed E-state index contributed by atoms with van der Waals surface area (Å²) in [5.41, 5.74) is 2.85. The van der Waals surface area contributed by atoms with Crippen LogP contribution < -0.4 is 0 Å². The Labute approximate surface area is 50.3 Å². The lowest BCUT2D eigenvalue weighted by molar-refractivity contribution is -0.465. The van der Waals surface area contributed by atoms with E-state index in [1.54, 1.807) is 0 Å². The molecule has 8 heavy (non-hydrogen) atoms. The minimum atomic E-state index is 1.11. The summed E-state index contributed by atoms with van der Waals surface area (Å²) in [5.74, 6) is 0. The van der Waals surface area contributed by atoms with Gasteiger partial charge in [0.05, 0.1) is 5.57 Å². The van der Waals surface area contributed by atoms with Crippen LogP contribution in [0, 0.1) is 0 Å². The van der Waals surface area contributed by atoms with E-state index >= 15 is 0 Å². The highest BCUT2D eigenvalue weighted by molar-refractivity contribution is 5.96. The Bertz CT molecular complexity index is 163. The van der Waals surface area contributed by atoms with Crippen LogP contribution in [0.3, 0.4) is 0 Å². The van der Waals surface area contributed by atoms with Gasteiger partial charge >= 0.3 is 0 Å². The van der Waals surface area contributed by atoms with Gasteiger partial charge in [-0.05, 0) is 13.8 Å². The van der Waals surface area contributed by atoms with Gasteiger partial charge < -0.3 is 0 Å². The highest BCUT2D eigenvalue weighted by atomic mass is 15.0. The third-order valence-electron chi connectivity index (χ3n) is 1.69. The smallest absolute Gasteiger partial charge is 0.187 e. The minimum Gasteiger partial charge on any atom is -0.202 e. The zero-order chi connectivity index (χ0) is 6.15. The summed E-state index contributed by atoms with van der Waals surface area (Å²) in [5, 5.41) is 0. The Hall–Kier alpha value is -0.590. The average molecular weight is 110 g/mol. The van der Waals surface area contributed by atoms with Crippen LogP contribution in [0.25, 0.3) is 0 Å². The largest absolute Gasteiger partial charge is 0.202 e. The van der Waals surface area contributed by atoms with E-state index in [4.69, 9.17) is 0 Å². The van der Waals surface area contributed by atoms with E-state index < -0.39 is 0 Å². The Morgan fingerprint density at radius 3 is 2.25 bits per heavy atom. The topological polar surface area (TPSA) is 3.01 Å². The molecule has 1 aliphatic heterocycles. The van der Waals surface area contributed by atoms with Gasteiger partial charge in [-0.3, -0.25) is 0 Å². The Morgan fingerprint density at radius 2 is 2.12 bits per heavy atom. The lowest BCUT2D eigenvalue weighted by Gasteiger charge is -2.07. The molecule has 1 aliphatic rings. The first-order valence-electron chi connectivity index (χ1n) is 3.04. The van der Waals surface area contributed by atoms with E-state index in [1.807, 2.05) is 0 Å². The number of hydrogen-bond donors (Lipinski definition) is 0. The van der Waals surface area contributed by atoms with Crippen molar-refractivity contribution in [3.8, 4) is 0 Å². The Kier molecular flexibility index (Phi) is 1.20. The molecule has 0 amide bonds. The number of rotatable bonds is 1. The third-order valence-corrected chi connectivity index (χ3v) is 1.69. The quantitative estimate of drug-likeness (QED) is 0.449. The third kappa shape index (κ3) is 0.585. The summed E-state index contributed by atoms with van der Waals surface area (Å²) in [4.78, 5) is 0. The van der Waals surface area contributed by atoms with E-state index in [9.17, 15) is 0 Å². The van der Waals surface area contributed by atoms with Gasteiger partial charge in [-0.25, -0.2) is 4.58 Å². The predicted octanol–water partition coefficient (Wildman–Crippen LogP) is 1.40. The molecule has 0 saturated carbocycles. The number of nitrogens with zero attached hydrogens (tertiary/aromatic N) is 1. The van der Waals surface area contributed by atoms with Crippen LogP contribution in [0.1, 0.15) is 20.8 Å². The molecule has 1 heteroatoms. The van der Waals surface area contributed by atoms with E-state index in [0.717, 1.165) is 6.54 Å². The van der Waals surface area contributed by atoms with Gasteiger partial charge in [0.2, 0.25) is 0 Å². The standard InChI is InChI=1S/C7H12N/c1-4-8-5-6(2)7(8)3/h5H,4H2,1-3H3/q+1. The van der Waals surface area contributed by atoms with Crippen molar-refractivity contribution < 1.29 is 4.58 Å². The normalized spacial score (nSPS) is 18.1. The van der Waals surface area contributed by atoms with Crippen molar-refractivity contribution in [1.29, 1.82) is 0 Å². The maximum Gasteiger partial charge on any atom is 0.187 e. The first kappa shape index (κ1) is 5.54. The van der Waals surface area contributed by atoms with Crippen LogP contribution in [0.4, 0.5) is 0 Å². The van der Waals surface area contributed by atoms with Gasteiger partial charge in [-0.2, -0.15) is 0 Å². The maximum absolute atomic E-state index is 2.25. The molecule has 0 aromatic rings. The van der Waals surface area contributed by atoms with Crippen molar-refractivity contribution in [3.63, 3.8) is 0 Å². The Balaban J connectivity index is 2.63. The highest BCUT2D eigenvalue weighted by Gasteiger charge is 2.18. The molecule has 0 aliphatic carbocycles. The van der Waals surface area contributed by atoms with Gasteiger partial charge in [0, 0.05) is 6.92 Å². The fourth-order valence-corrected chi connectivity index (χ4v) is 0.913. The van der Waals surface area contributed by atoms with Gasteiger partial charge in [-0.1, -0.05) is 0 Å². The first-order chi connectivity index (χ1) is 3.75. The molecule has 0 fully saturated rings. The fraction of sp³-hybridized carbons (Fsp3) is 0.571. The van der Waals surface area contributed by atoms with Crippen LogP contribution in [0.5, 0.6) is 0 Å². The fourth-order valence-electron chi connectivity index (χ4n) is 0.913. The van der Waals surface area contributed by atoms with Gasteiger partial charge in [0.1, 0.15) is 6.54 Å². The zero-order valence-electron chi connectivity index (χ0n) is 5.73. The molecule has 0 aromatic heterocycles. The minimum absolute atomic E-state index is 1.11. The maximum atomic E-state index is 2.25. The van der Waals surface area contributed by atoms with Crippen molar-refractivity contribution in [2.45, 2.75) is 20.8 Å². The summed E-state index contributed by atoms with van der Waals surface area (Å²) in [6.07, 6.45) is 2.18. The average Bonchev–Trinajstić information content (AvgIpc) is 1.81. The SMILES string of the molecule is CC[N+]1=C(C)C(C)=C1. The van der Waals surface area contributed by atoms with Crippen molar-refractivity contribution in [3.05, 3.63) is 11.8 Å². The first-order valence-corrected chi connectivity index (χ1v) is 3.04. The zero-order valence-corrected chi connectivity index (χ0v) is 5.73. The highest BCUT2D eigenvalue weighted by Crippen LogP contribution is 2.06. The van der Waals surface area contributed by atoms with E-state index in [2.05, 4.69) is 31.5 Å². The Morgan fingerprint density at radius 1 is 1.50 bits per heavy atom. The molecule has 0 spiro atoms. The van der Waals surface area contributed by atoms with Crippen LogP contribution in [-0.2, 0) is 0 Å². The summed E-state index contributed by atoms with van der Waals surface area (Å²) in [6, 6.07) is 0. The van der Waals surface area contributed by atoms with Gasteiger partial charge in [0.25, 0.3) is 0 Å². The van der Waals surface area contributed by atoms with Gasteiger partial charge in [0.15, 0.2) is 11.9 Å². The predicted molar refractivity (Wildman–Crippen MR) is 35.2 cm³/mol. The second-order valence-electron chi connectivity index (χ2n) is 2.18. The summed E-state index contributed by atoms with van der Waals surface area (Å²) < 4.78 is 2.25. The van der Waals surface area contributed by atoms with Crippen LogP contribution >= 0.6 is 0 Å². The molecule has 1 nitrogen and oxygen atoms in total. The van der Waals surface area contributed by atoms with Crippen molar-refractivity contribution in [2.75, 3.05) is 6.54 Å². The molecule has 0 saturated heterocycles. The van der Waals surface area contributed by atoms with E-state index in [0.29, 0.717) is 0 Å². The second-order valence-corrected chi connectivity index (χ2v) is 2.18. The lowest BCUT2D eigenvalue weighted by atomic mass is 10.1. The molecule has 0 unspecified atom stereocenters.